The summed E-state index contributed by atoms with van der Waals surface area (Å²) in [5.41, 5.74) is 1.42. The number of carbonyl (C=O) groups is 1. The smallest absolute Gasteiger partial charge is 0.279 e. The van der Waals surface area contributed by atoms with Crippen molar-refractivity contribution < 1.29 is 23.7 Å². The molecule has 0 spiro atoms. The van der Waals surface area contributed by atoms with Crippen LogP contribution in [0.15, 0.2) is 41.4 Å². The van der Waals surface area contributed by atoms with Crippen molar-refractivity contribution in [2.24, 2.45) is 4.99 Å². The number of aromatic nitrogens is 1. The molecule has 0 fully saturated rings. The van der Waals surface area contributed by atoms with Crippen LogP contribution in [0.1, 0.15) is 24.2 Å². The second-order valence-electron chi connectivity index (χ2n) is 6.28. The van der Waals surface area contributed by atoms with E-state index < -0.39 is 0 Å². The van der Waals surface area contributed by atoms with Crippen LogP contribution in [-0.2, 0) is 11.3 Å². The molecule has 0 aliphatic carbocycles. The fraction of sp³-hybridized carbons (Fsp3) is 0.364. The largest absolute Gasteiger partial charge is 0.494 e. The van der Waals surface area contributed by atoms with Crippen LogP contribution >= 0.6 is 11.3 Å². The molecule has 3 aromatic rings. The first kappa shape index (κ1) is 21.9. The molecule has 0 atom stereocenters. The average Bonchev–Trinajstić information content (AvgIpc) is 3.09. The van der Waals surface area contributed by atoms with Crippen LogP contribution in [0.5, 0.6) is 17.2 Å². The van der Waals surface area contributed by atoms with E-state index in [0.717, 1.165) is 16.0 Å². The Balaban J connectivity index is 2.04. The summed E-state index contributed by atoms with van der Waals surface area (Å²) in [4.78, 5) is 17.9. The fourth-order valence-electron chi connectivity index (χ4n) is 3.03. The number of thiazole rings is 1. The Morgan fingerprint density at radius 1 is 1.03 bits per heavy atom. The quantitative estimate of drug-likeness (QED) is 0.482. The molecular weight excluding hydrogens is 404 g/mol. The summed E-state index contributed by atoms with van der Waals surface area (Å²) in [6, 6.07) is 10.9. The topological polar surface area (TPSA) is 71.3 Å². The third-order valence-electron chi connectivity index (χ3n) is 4.46. The minimum Gasteiger partial charge on any atom is -0.494 e. The molecule has 0 unspecified atom stereocenters. The number of carbonyl (C=O) groups excluding carboxylic acids is 1. The van der Waals surface area contributed by atoms with Crippen LogP contribution in [0.2, 0.25) is 0 Å². The molecule has 0 bridgehead atoms. The summed E-state index contributed by atoms with van der Waals surface area (Å²) in [7, 11) is 3.09. The normalized spacial score (nSPS) is 11.7. The molecule has 0 saturated heterocycles. The molecule has 0 saturated carbocycles. The maximum absolute atomic E-state index is 12.9. The van der Waals surface area contributed by atoms with E-state index in [2.05, 4.69) is 4.99 Å². The van der Waals surface area contributed by atoms with E-state index in [4.69, 9.17) is 18.9 Å². The second kappa shape index (κ2) is 10.3. The van der Waals surface area contributed by atoms with Crippen molar-refractivity contribution in [1.29, 1.82) is 0 Å². The lowest BCUT2D eigenvalue weighted by Crippen LogP contribution is -2.19. The van der Waals surface area contributed by atoms with Gasteiger partial charge in [0.1, 0.15) is 5.75 Å². The predicted octanol–water partition coefficient (Wildman–Crippen LogP) is 3.90. The molecule has 0 aliphatic rings. The average molecular weight is 431 g/mol. The summed E-state index contributed by atoms with van der Waals surface area (Å²) in [5.74, 6) is 1.49. The first-order chi connectivity index (χ1) is 14.6. The van der Waals surface area contributed by atoms with Crippen molar-refractivity contribution in [2.75, 3.05) is 34.0 Å². The van der Waals surface area contributed by atoms with Gasteiger partial charge in [0, 0.05) is 18.7 Å². The van der Waals surface area contributed by atoms with Gasteiger partial charge >= 0.3 is 0 Å². The van der Waals surface area contributed by atoms with Gasteiger partial charge in [0.15, 0.2) is 16.3 Å². The minimum atomic E-state index is -0.349. The van der Waals surface area contributed by atoms with Crippen LogP contribution in [0, 0.1) is 0 Å². The fourth-order valence-corrected chi connectivity index (χ4v) is 4.12. The number of nitrogens with zero attached hydrogens (tertiary/aromatic N) is 2. The van der Waals surface area contributed by atoms with Gasteiger partial charge in [-0.2, -0.15) is 4.99 Å². The first-order valence-electron chi connectivity index (χ1n) is 9.76. The van der Waals surface area contributed by atoms with E-state index in [0.29, 0.717) is 48.2 Å². The van der Waals surface area contributed by atoms with Crippen molar-refractivity contribution in [1.82, 2.24) is 4.57 Å². The monoisotopic (exact) mass is 430 g/mol. The van der Waals surface area contributed by atoms with Gasteiger partial charge in [-0.05, 0) is 50.2 Å². The third-order valence-corrected chi connectivity index (χ3v) is 5.50. The number of ether oxygens (including phenoxy) is 4. The van der Waals surface area contributed by atoms with Crippen molar-refractivity contribution in [3.63, 3.8) is 0 Å². The third kappa shape index (κ3) is 4.83. The molecule has 1 amide bonds. The zero-order valence-electron chi connectivity index (χ0n) is 17.6. The Labute approximate surface area is 179 Å². The lowest BCUT2D eigenvalue weighted by Gasteiger charge is -2.08. The molecule has 7 nitrogen and oxygen atoms in total. The first-order valence-corrected chi connectivity index (χ1v) is 10.6. The molecule has 8 heteroatoms. The number of hydrogen-bond donors (Lipinski definition) is 0. The molecule has 0 N–H and O–H groups in total. The van der Waals surface area contributed by atoms with Crippen LogP contribution < -0.4 is 19.0 Å². The van der Waals surface area contributed by atoms with E-state index in [9.17, 15) is 4.79 Å². The molecule has 3 rings (SSSR count). The SMILES string of the molecule is CCOCCn1c(=NC(=O)c2ccc(OC)c(OC)c2)sc2cc(OCC)ccc21. The molecule has 160 valence electrons. The van der Waals surface area contributed by atoms with Gasteiger partial charge in [0.05, 0.1) is 37.6 Å². The highest BCUT2D eigenvalue weighted by atomic mass is 32.1. The molecule has 0 radical (unpaired) electrons. The van der Waals surface area contributed by atoms with E-state index in [-0.39, 0.29) is 5.91 Å². The van der Waals surface area contributed by atoms with E-state index >= 15 is 0 Å². The molecular formula is C22H26N2O5S. The molecule has 30 heavy (non-hydrogen) atoms. The second-order valence-corrected chi connectivity index (χ2v) is 7.29. The Morgan fingerprint density at radius 2 is 1.83 bits per heavy atom. The summed E-state index contributed by atoms with van der Waals surface area (Å²) >= 11 is 1.45. The zero-order valence-corrected chi connectivity index (χ0v) is 18.5. The lowest BCUT2D eigenvalue weighted by atomic mass is 10.2. The van der Waals surface area contributed by atoms with Gasteiger partial charge in [-0.1, -0.05) is 11.3 Å². The van der Waals surface area contributed by atoms with Gasteiger partial charge in [0.2, 0.25) is 0 Å². The maximum atomic E-state index is 12.9. The number of hydrogen-bond acceptors (Lipinski definition) is 6. The number of fused-ring (bicyclic) bond motifs is 1. The molecule has 2 aromatic carbocycles. The Morgan fingerprint density at radius 3 is 2.53 bits per heavy atom. The van der Waals surface area contributed by atoms with Crippen molar-refractivity contribution in [3.05, 3.63) is 46.8 Å². The predicted molar refractivity (Wildman–Crippen MR) is 117 cm³/mol. The van der Waals surface area contributed by atoms with Gasteiger partial charge in [-0.15, -0.1) is 0 Å². The number of methoxy groups -OCH3 is 2. The summed E-state index contributed by atoms with van der Waals surface area (Å²) in [6.07, 6.45) is 0. The highest BCUT2D eigenvalue weighted by molar-refractivity contribution is 7.16. The molecule has 1 heterocycles. The van der Waals surface area contributed by atoms with Crippen molar-refractivity contribution in [3.8, 4) is 17.2 Å². The van der Waals surface area contributed by atoms with E-state index in [1.807, 2.05) is 36.6 Å². The van der Waals surface area contributed by atoms with Crippen LogP contribution in [0.3, 0.4) is 0 Å². The van der Waals surface area contributed by atoms with Gasteiger partial charge < -0.3 is 23.5 Å². The number of amides is 1. The molecule has 0 aliphatic heterocycles. The Hall–Kier alpha value is -2.84. The van der Waals surface area contributed by atoms with Crippen LogP contribution in [0.4, 0.5) is 0 Å². The standard InChI is InChI=1S/C22H26N2O5S/c1-5-28-12-11-24-17-9-8-16(29-6-2)14-20(17)30-22(24)23-21(25)15-7-10-18(26-3)19(13-15)27-4/h7-10,13-14H,5-6,11-12H2,1-4H3. The Kier molecular flexibility index (Phi) is 7.48. The number of benzene rings is 2. The zero-order chi connectivity index (χ0) is 21.5. The van der Waals surface area contributed by atoms with Crippen LogP contribution in [0.25, 0.3) is 10.2 Å². The van der Waals surface area contributed by atoms with E-state index in [1.165, 1.54) is 18.4 Å². The molecule has 1 aromatic heterocycles. The van der Waals surface area contributed by atoms with Gasteiger partial charge in [-0.3, -0.25) is 4.79 Å². The summed E-state index contributed by atoms with van der Waals surface area (Å²) in [6.45, 7) is 6.26. The maximum Gasteiger partial charge on any atom is 0.279 e. The summed E-state index contributed by atoms with van der Waals surface area (Å²) < 4.78 is 24.7. The highest BCUT2D eigenvalue weighted by Gasteiger charge is 2.13. The van der Waals surface area contributed by atoms with E-state index in [1.54, 1.807) is 25.3 Å². The van der Waals surface area contributed by atoms with Crippen molar-refractivity contribution in [2.45, 2.75) is 20.4 Å². The lowest BCUT2D eigenvalue weighted by molar-refractivity contribution is 0.0996. The summed E-state index contributed by atoms with van der Waals surface area (Å²) in [5, 5.41) is 0. The number of rotatable bonds is 9. The minimum absolute atomic E-state index is 0.349. The van der Waals surface area contributed by atoms with Crippen LogP contribution in [-0.4, -0.2) is 44.5 Å². The Bertz CT molecular complexity index is 1090. The van der Waals surface area contributed by atoms with Gasteiger partial charge in [0.25, 0.3) is 5.91 Å². The van der Waals surface area contributed by atoms with Gasteiger partial charge in [-0.25, -0.2) is 0 Å². The highest BCUT2D eigenvalue weighted by Crippen LogP contribution is 2.28. The van der Waals surface area contributed by atoms with Crippen molar-refractivity contribution >= 4 is 27.5 Å².